The lowest BCUT2D eigenvalue weighted by Crippen LogP contribution is -2.48. The van der Waals surface area contributed by atoms with Gasteiger partial charge in [0.1, 0.15) is 0 Å². The fourth-order valence-corrected chi connectivity index (χ4v) is 1.97. The summed E-state index contributed by atoms with van der Waals surface area (Å²) in [6, 6.07) is 10.2. The SMILES string of the molecule is CC(C)C(Br)C(=O)NC(C)(C)Cc1ccccc1. The minimum Gasteiger partial charge on any atom is -0.350 e. The largest absolute Gasteiger partial charge is 0.350 e. The Hall–Kier alpha value is -0.830. The first-order chi connectivity index (χ1) is 8.32. The van der Waals surface area contributed by atoms with Gasteiger partial charge in [-0.1, -0.05) is 60.1 Å². The molecule has 0 aliphatic rings. The van der Waals surface area contributed by atoms with Gasteiger partial charge in [-0.15, -0.1) is 0 Å². The number of halogens is 1. The second-order valence-electron chi connectivity index (χ2n) is 5.68. The molecule has 0 fully saturated rings. The molecule has 0 aliphatic carbocycles. The van der Waals surface area contributed by atoms with Crippen LogP contribution in [0.5, 0.6) is 0 Å². The zero-order valence-electron chi connectivity index (χ0n) is 11.5. The van der Waals surface area contributed by atoms with Gasteiger partial charge in [0, 0.05) is 5.54 Å². The Kier molecular flexibility index (Phi) is 5.39. The molecule has 1 aromatic rings. The highest BCUT2D eigenvalue weighted by atomic mass is 79.9. The number of alkyl halides is 1. The van der Waals surface area contributed by atoms with Gasteiger partial charge < -0.3 is 5.32 Å². The van der Waals surface area contributed by atoms with Gasteiger partial charge in [0.25, 0.3) is 0 Å². The van der Waals surface area contributed by atoms with Crippen molar-refractivity contribution in [2.24, 2.45) is 5.92 Å². The molecule has 18 heavy (non-hydrogen) atoms. The summed E-state index contributed by atoms with van der Waals surface area (Å²) in [6.45, 7) is 8.17. The van der Waals surface area contributed by atoms with Crippen LogP contribution in [0.2, 0.25) is 0 Å². The molecule has 3 heteroatoms. The smallest absolute Gasteiger partial charge is 0.234 e. The van der Waals surface area contributed by atoms with Crippen LogP contribution in [0.1, 0.15) is 33.3 Å². The number of amides is 1. The normalized spacial score (nSPS) is 13.4. The highest BCUT2D eigenvalue weighted by Crippen LogP contribution is 2.16. The summed E-state index contributed by atoms with van der Waals surface area (Å²) in [5.41, 5.74) is 0.998. The molecule has 0 heterocycles. The second kappa shape index (κ2) is 6.37. The third-order valence-electron chi connectivity index (χ3n) is 2.79. The van der Waals surface area contributed by atoms with Crippen molar-refractivity contribution < 1.29 is 4.79 Å². The summed E-state index contributed by atoms with van der Waals surface area (Å²) in [4.78, 5) is 11.9. The molecule has 0 spiro atoms. The van der Waals surface area contributed by atoms with Gasteiger partial charge in [-0.05, 0) is 31.7 Å². The molecule has 1 atom stereocenters. The predicted octanol–water partition coefficient (Wildman–Crippen LogP) is 3.54. The van der Waals surface area contributed by atoms with E-state index in [9.17, 15) is 4.79 Å². The molecule has 1 rings (SSSR count). The molecule has 1 amide bonds. The quantitative estimate of drug-likeness (QED) is 0.828. The van der Waals surface area contributed by atoms with Crippen molar-refractivity contribution in [2.45, 2.75) is 44.5 Å². The lowest BCUT2D eigenvalue weighted by atomic mass is 9.94. The first kappa shape index (κ1) is 15.2. The van der Waals surface area contributed by atoms with Crippen LogP contribution in [-0.2, 0) is 11.2 Å². The maximum Gasteiger partial charge on any atom is 0.234 e. The van der Waals surface area contributed by atoms with E-state index in [1.165, 1.54) is 5.56 Å². The number of hydrogen-bond donors (Lipinski definition) is 1. The third kappa shape index (κ3) is 4.81. The van der Waals surface area contributed by atoms with Crippen LogP contribution >= 0.6 is 15.9 Å². The van der Waals surface area contributed by atoms with Crippen molar-refractivity contribution in [1.82, 2.24) is 5.32 Å². The summed E-state index contributed by atoms with van der Waals surface area (Å²) in [5, 5.41) is 3.10. The minimum absolute atomic E-state index is 0.0610. The van der Waals surface area contributed by atoms with Gasteiger partial charge in [-0.2, -0.15) is 0 Å². The summed E-state index contributed by atoms with van der Waals surface area (Å²) in [6.07, 6.45) is 0.831. The molecule has 0 radical (unpaired) electrons. The molecule has 1 N–H and O–H groups in total. The third-order valence-corrected chi connectivity index (χ3v) is 4.26. The molecule has 1 aromatic carbocycles. The average molecular weight is 312 g/mol. The highest BCUT2D eigenvalue weighted by molar-refractivity contribution is 9.10. The summed E-state index contributed by atoms with van der Waals surface area (Å²) in [5.74, 6) is 0.350. The van der Waals surface area contributed by atoms with E-state index in [2.05, 4.69) is 47.2 Å². The van der Waals surface area contributed by atoms with Crippen LogP contribution < -0.4 is 5.32 Å². The van der Waals surface area contributed by atoms with E-state index in [0.717, 1.165) is 6.42 Å². The Morgan fingerprint density at radius 2 is 1.83 bits per heavy atom. The fraction of sp³-hybridized carbons (Fsp3) is 0.533. The van der Waals surface area contributed by atoms with Crippen LogP contribution in [0.15, 0.2) is 30.3 Å². The molecular weight excluding hydrogens is 290 g/mol. The number of carbonyl (C=O) groups excluding carboxylic acids is 1. The molecule has 1 unspecified atom stereocenters. The molecule has 0 aliphatic heterocycles. The lowest BCUT2D eigenvalue weighted by Gasteiger charge is -2.28. The van der Waals surface area contributed by atoms with Gasteiger partial charge in [0.05, 0.1) is 4.83 Å². The van der Waals surface area contributed by atoms with Crippen LogP contribution in [0.4, 0.5) is 0 Å². The lowest BCUT2D eigenvalue weighted by molar-refractivity contribution is -0.122. The van der Waals surface area contributed by atoms with Crippen molar-refractivity contribution in [2.75, 3.05) is 0 Å². The monoisotopic (exact) mass is 311 g/mol. The zero-order valence-corrected chi connectivity index (χ0v) is 13.1. The summed E-state index contributed by atoms with van der Waals surface area (Å²) < 4.78 is 0. The van der Waals surface area contributed by atoms with Crippen LogP contribution in [0.3, 0.4) is 0 Å². The number of nitrogens with one attached hydrogen (secondary N) is 1. The molecule has 0 saturated carbocycles. The van der Waals surface area contributed by atoms with Crippen molar-refractivity contribution in [3.8, 4) is 0 Å². The number of benzene rings is 1. The molecule has 2 nitrogen and oxygen atoms in total. The van der Waals surface area contributed by atoms with Crippen LogP contribution in [0.25, 0.3) is 0 Å². The van der Waals surface area contributed by atoms with Gasteiger partial charge in [-0.25, -0.2) is 0 Å². The molecular formula is C15H22BrNO. The van der Waals surface area contributed by atoms with Crippen molar-refractivity contribution >= 4 is 21.8 Å². The van der Waals surface area contributed by atoms with E-state index in [0.29, 0.717) is 0 Å². The van der Waals surface area contributed by atoms with E-state index < -0.39 is 0 Å². The Morgan fingerprint density at radius 3 is 2.33 bits per heavy atom. The maximum absolute atomic E-state index is 12.0. The van der Waals surface area contributed by atoms with E-state index in [-0.39, 0.29) is 22.2 Å². The topological polar surface area (TPSA) is 29.1 Å². The Morgan fingerprint density at radius 1 is 1.28 bits per heavy atom. The standard InChI is InChI=1S/C15H22BrNO/c1-11(2)13(16)14(18)17-15(3,4)10-12-8-6-5-7-9-12/h5-9,11,13H,10H2,1-4H3,(H,17,18). The molecule has 0 bridgehead atoms. The van der Waals surface area contributed by atoms with Gasteiger partial charge in [0.15, 0.2) is 0 Å². The Bertz CT molecular complexity index is 387. The van der Waals surface area contributed by atoms with E-state index in [4.69, 9.17) is 0 Å². The minimum atomic E-state index is -0.237. The zero-order chi connectivity index (χ0) is 13.8. The van der Waals surface area contributed by atoms with Gasteiger partial charge >= 0.3 is 0 Å². The summed E-state index contributed by atoms with van der Waals surface area (Å²) in [7, 11) is 0. The van der Waals surface area contributed by atoms with E-state index in [1.54, 1.807) is 0 Å². The number of hydrogen-bond acceptors (Lipinski definition) is 1. The molecule has 0 aromatic heterocycles. The van der Waals surface area contributed by atoms with Crippen molar-refractivity contribution in [3.63, 3.8) is 0 Å². The van der Waals surface area contributed by atoms with E-state index in [1.807, 2.05) is 32.0 Å². The number of rotatable bonds is 5. The number of carbonyl (C=O) groups is 1. The molecule has 0 saturated heterocycles. The van der Waals surface area contributed by atoms with Crippen molar-refractivity contribution in [1.29, 1.82) is 0 Å². The van der Waals surface area contributed by atoms with Gasteiger partial charge in [0.2, 0.25) is 5.91 Å². The fourth-order valence-electron chi connectivity index (χ4n) is 1.86. The second-order valence-corrected chi connectivity index (χ2v) is 6.67. The van der Waals surface area contributed by atoms with Crippen LogP contribution in [0, 0.1) is 5.92 Å². The Labute approximate surface area is 118 Å². The predicted molar refractivity (Wildman–Crippen MR) is 79.9 cm³/mol. The average Bonchev–Trinajstić information content (AvgIpc) is 2.27. The van der Waals surface area contributed by atoms with Gasteiger partial charge in [-0.3, -0.25) is 4.79 Å². The Balaban J connectivity index is 2.62. The first-order valence-electron chi connectivity index (χ1n) is 6.32. The first-order valence-corrected chi connectivity index (χ1v) is 7.23. The van der Waals surface area contributed by atoms with Crippen LogP contribution in [-0.4, -0.2) is 16.3 Å². The molecule has 100 valence electrons. The highest BCUT2D eigenvalue weighted by Gasteiger charge is 2.26. The van der Waals surface area contributed by atoms with Crippen molar-refractivity contribution in [3.05, 3.63) is 35.9 Å². The summed E-state index contributed by atoms with van der Waals surface area (Å²) >= 11 is 3.43. The van der Waals surface area contributed by atoms with E-state index >= 15 is 0 Å². The maximum atomic E-state index is 12.0.